The first-order chi connectivity index (χ1) is 7.20. The van der Waals surface area contributed by atoms with Gasteiger partial charge < -0.3 is 15.8 Å². The fraction of sp³-hybridized carbons (Fsp3) is 0.300. The molecule has 1 aromatic carbocycles. The van der Waals surface area contributed by atoms with Crippen molar-refractivity contribution in [3.8, 4) is 5.75 Å². The van der Waals surface area contributed by atoms with E-state index in [1.165, 1.54) is 0 Å². The summed E-state index contributed by atoms with van der Waals surface area (Å²) in [5.74, 6) is 1.33. The van der Waals surface area contributed by atoms with E-state index < -0.39 is 0 Å². The van der Waals surface area contributed by atoms with Crippen molar-refractivity contribution in [2.45, 2.75) is 6.04 Å². The largest absolute Gasteiger partial charge is 0.497 e. The Balaban J connectivity index is 2.27. The quantitative estimate of drug-likeness (QED) is 0.854. The number of guanidine groups is 1. The lowest BCUT2D eigenvalue weighted by atomic mass is 10.1. The van der Waals surface area contributed by atoms with Crippen molar-refractivity contribution in [2.75, 3.05) is 13.7 Å². The molecule has 0 spiro atoms. The Morgan fingerprint density at radius 2 is 2.40 bits per heavy atom. The second-order valence-electron chi connectivity index (χ2n) is 3.31. The highest BCUT2D eigenvalue weighted by molar-refractivity contribution is 9.10. The van der Waals surface area contributed by atoms with Crippen molar-refractivity contribution >= 4 is 21.9 Å². The average Bonchev–Trinajstić information content (AvgIpc) is 2.65. The van der Waals surface area contributed by atoms with Crippen LogP contribution in [0.3, 0.4) is 0 Å². The summed E-state index contributed by atoms with van der Waals surface area (Å²) in [4.78, 5) is 4.11. The fourth-order valence-electron chi connectivity index (χ4n) is 1.55. The van der Waals surface area contributed by atoms with Gasteiger partial charge in [-0.1, -0.05) is 15.9 Å². The summed E-state index contributed by atoms with van der Waals surface area (Å²) in [5, 5.41) is 3.10. The number of ether oxygens (including phenoxy) is 1. The van der Waals surface area contributed by atoms with Gasteiger partial charge in [0, 0.05) is 4.47 Å². The Hall–Kier alpha value is -1.23. The number of benzene rings is 1. The Morgan fingerprint density at radius 3 is 3.00 bits per heavy atom. The lowest BCUT2D eigenvalue weighted by Gasteiger charge is -2.14. The minimum atomic E-state index is 0.134. The second kappa shape index (κ2) is 4.10. The van der Waals surface area contributed by atoms with Crippen molar-refractivity contribution < 1.29 is 4.74 Å². The van der Waals surface area contributed by atoms with Crippen molar-refractivity contribution in [3.05, 3.63) is 28.2 Å². The number of hydrogen-bond donors (Lipinski definition) is 2. The summed E-state index contributed by atoms with van der Waals surface area (Å²) in [7, 11) is 1.65. The van der Waals surface area contributed by atoms with Gasteiger partial charge in [-0.05, 0) is 23.8 Å². The molecule has 0 saturated heterocycles. The van der Waals surface area contributed by atoms with E-state index in [-0.39, 0.29) is 6.04 Å². The first-order valence-electron chi connectivity index (χ1n) is 4.60. The number of rotatable bonds is 2. The Bertz CT molecular complexity index is 406. The van der Waals surface area contributed by atoms with E-state index in [1.54, 1.807) is 7.11 Å². The minimum Gasteiger partial charge on any atom is -0.497 e. The van der Waals surface area contributed by atoms with Gasteiger partial charge in [0.2, 0.25) is 0 Å². The summed E-state index contributed by atoms with van der Waals surface area (Å²) < 4.78 is 6.21. The maximum Gasteiger partial charge on any atom is 0.189 e. The zero-order chi connectivity index (χ0) is 10.8. The van der Waals surface area contributed by atoms with Crippen LogP contribution in [0.5, 0.6) is 5.75 Å². The highest BCUT2D eigenvalue weighted by atomic mass is 79.9. The molecule has 1 heterocycles. The lowest BCUT2D eigenvalue weighted by Crippen LogP contribution is -2.29. The molecule has 1 atom stereocenters. The molecule has 1 aliphatic heterocycles. The van der Waals surface area contributed by atoms with E-state index in [0.717, 1.165) is 15.8 Å². The molecular weight excluding hydrogens is 258 g/mol. The van der Waals surface area contributed by atoms with Crippen molar-refractivity contribution in [1.29, 1.82) is 0 Å². The molecule has 1 aromatic rings. The maximum atomic E-state index is 5.58. The van der Waals surface area contributed by atoms with E-state index >= 15 is 0 Å². The molecule has 5 heteroatoms. The van der Waals surface area contributed by atoms with Gasteiger partial charge in [0.15, 0.2) is 5.96 Å². The average molecular weight is 270 g/mol. The van der Waals surface area contributed by atoms with Crippen LogP contribution in [0.15, 0.2) is 27.7 Å². The van der Waals surface area contributed by atoms with E-state index in [4.69, 9.17) is 10.5 Å². The molecule has 0 amide bonds. The van der Waals surface area contributed by atoms with Crippen molar-refractivity contribution in [1.82, 2.24) is 5.32 Å². The molecule has 1 unspecified atom stereocenters. The molecule has 0 fully saturated rings. The van der Waals surface area contributed by atoms with Gasteiger partial charge in [0.25, 0.3) is 0 Å². The summed E-state index contributed by atoms with van der Waals surface area (Å²) in [5.41, 5.74) is 6.69. The molecule has 0 bridgehead atoms. The maximum absolute atomic E-state index is 5.58. The Kier molecular flexibility index (Phi) is 2.81. The topological polar surface area (TPSA) is 59.6 Å². The minimum absolute atomic E-state index is 0.134. The summed E-state index contributed by atoms with van der Waals surface area (Å²) in [6, 6.07) is 5.99. The zero-order valence-corrected chi connectivity index (χ0v) is 9.91. The van der Waals surface area contributed by atoms with Crippen LogP contribution in [-0.2, 0) is 0 Å². The van der Waals surface area contributed by atoms with Crippen LogP contribution in [0.2, 0.25) is 0 Å². The second-order valence-corrected chi connectivity index (χ2v) is 4.16. The number of halogens is 1. The summed E-state index contributed by atoms with van der Waals surface area (Å²) in [6.07, 6.45) is 0. The van der Waals surface area contributed by atoms with Gasteiger partial charge in [0.05, 0.1) is 19.7 Å². The zero-order valence-electron chi connectivity index (χ0n) is 8.33. The van der Waals surface area contributed by atoms with Crippen LogP contribution >= 0.6 is 15.9 Å². The molecule has 3 N–H and O–H groups in total. The van der Waals surface area contributed by atoms with E-state index in [0.29, 0.717) is 12.5 Å². The molecule has 0 aromatic heterocycles. The first kappa shape index (κ1) is 10.3. The number of methoxy groups -OCH3 is 1. The van der Waals surface area contributed by atoms with E-state index in [9.17, 15) is 0 Å². The number of nitrogens with zero attached hydrogens (tertiary/aromatic N) is 1. The lowest BCUT2D eigenvalue weighted by molar-refractivity contribution is 0.413. The molecule has 0 aliphatic carbocycles. The van der Waals surface area contributed by atoms with Gasteiger partial charge in [-0.2, -0.15) is 0 Å². The SMILES string of the molecule is COc1ccc(Br)c(C2CN=C(N)N2)c1. The normalized spacial score (nSPS) is 19.6. The van der Waals surface area contributed by atoms with Crippen molar-refractivity contribution in [2.24, 2.45) is 10.7 Å². The molecule has 0 saturated carbocycles. The monoisotopic (exact) mass is 269 g/mol. The van der Waals surface area contributed by atoms with Gasteiger partial charge in [0.1, 0.15) is 5.75 Å². The van der Waals surface area contributed by atoms with Gasteiger partial charge >= 0.3 is 0 Å². The first-order valence-corrected chi connectivity index (χ1v) is 5.40. The standard InChI is InChI=1S/C10H12BrN3O/c1-15-6-2-3-8(11)7(4-6)9-5-13-10(12)14-9/h2-4,9H,5H2,1H3,(H3,12,13,14). The molecule has 4 nitrogen and oxygen atoms in total. The predicted molar refractivity (Wildman–Crippen MR) is 63.1 cm³/mol. The summed E-state index contributed by atoms with van der Waals surface area (Å²) in [6.45, 7) is 0.664. The van der Waals surface area contributed by atoms with Crippen LogP contribution in [-0.4, -0.2) is 19.6 Å². The van der Waals surface area contributed by atoms with Crippen LogP contribution in [0, 0.1) is 0 Å². The van der Waals surface area contributed by atoms with E-state index in [2.05, 4.69) is 26.2 Å². The number of nitrogens with one attached hydrogen (secondary N) is 1. The Labute approximate surface area is 96.7 Å². The number of nitrogens with two attached hydrogens (primary N) is 1. The highest BCUT2D eigenvalue weighted by Crippen LogP contribution is 2.29. The molecule has 15 heavy (non-hydrogen) atoms. The van der Waals surface area contributed by atoms with Gasteiger partial charge in [-0.3, -0.25) is 4.99 Å². The molecule has 80 valence electrons. The predicted octanol–water partition coefficient (Wildman–Crippen LogP) is 1.42. The molecule has 2 rings (SSSR count). The fourth-order valence-corrected chi connectivity index (χ4v) is 2.07. The molecule has 0 radical (unpaired) electrons. The highest BCUT2D eigenvalue weighted by Gasteiger charge is 2.19. The number of hydrogen-bond acceptors (Lipinski definition) is 4. The Morgan fingerprint density at radius 1 is 1.60 bits per heavy atom. The third-order valence-electron chi connectivity index (χ3n) is 2.34. The number of aliphatic imine (C=N–C) groups is 1. The van der Waals surface area contributed by atoms with Gasteiger partial charge in [-0.25, -0.2) is 0 Å². The van der Waals surface area contributed by atoms with Crippen LogP contribution < -0.4 is 15.8 Å². The van der Waals surface area contributed by atoms with Crippen molar-refractivity contribution in [3.63, 3.8) is 0 Å². The third kappa shape index (κ3) is 2.07. The molecule has 1 aliphatic rings. The smallest absolute Gasteiger partial charge is 0.189 e. The molecular formula is C10H12BrN3O. The van der Waals surface area contributed by atoms with Crippen LogP contribution in [0.25, 0.3) is 0 Å². The summed E-state index contributed by atoms with van der Waals surface area (Å²) >= 11 is 3.50. The van der Waals surface area contributed by atoms with E-state index in [1.807, 2.05) is 18.2 Å². The van der Waals surface area contributed by atoms with Crippen LogP contribution in [0.1, 0.15) is 11.6 Å². The van der Waals surface area contributed by atoms with Gasteiger partial charge in [-0.15, -0.1) is 0 Å². The van der Waals surface area contributed by atoms with Crippen LogP contribution in [0.4, 0.5) is 0 Å². The third-order valence-corrected chi connectivity index (χ3v) is 3.07.